The zero-order chi connectivity index (χ0) is 89.7. The van der Waals surface area contributed by atoms with Gasteiger partial charge in [0, 0.05) is 0 Å². The summed E-state index contributed by atoms with van der Waals surface area (Å²) in [6, 6.07) is 0. The monoisotopic (exact) mass is 1940 g/mol. The minimum Gasteiger partial charge on any atom is -0.387 e. The number of rotatable bonds is 24. The fraction of sp³-hybridized carbons (Fsp3) is 1.00. The molecular weight excluding hydrogens is 1850 g/mol. The van der Waals surface area contributed by atoms with Crippen molar-refractivity contribution in [2.75, 3.05) is 52.9 Å². The van der Waals surface area contributed by atoms with Crippen LogP contribution < -0.4 is 0 Å². The topological polar surface area (TPSA) is 1010 Å². The molecule has 30 aliphatic rings. The van der Waals surface area contributed by atoms with E-state index >= 15 is 0 Å². The van der Waals surface area contributed by atoms with Gasteiger partial charge in [-0.25, -0.2) is 36.5 Å². The van der Waals surface area contributed by atoms with Crippen molar-refractivity contribution in [1.82, 2.24) is 0 Å². The summed E-state index contributed by atoms with van der Waals surface area (Å²) in [6.07, 6.45) is -106. The van der Waals surface area contributed by atoms with Gasteiger partial charge in [-0.15, -0.1) is 0 Å². The number of hydrogen-bond donors (Lipinski definition) is 32. The molecule has 30 saturated heterocycles. The molecular formula is C48H88O64P8. The van der Waals surface area contributed by atoms with E-state index in [1.807, 2.05) is 0 Å². The molecule has 0 unspecified atom stereocenters. The van der Waals surface area contributed by atoms with Gasteiger partial charge in [-0.2, -0.15) is 0 Å². The Hall–Kier alpha value is -0.400. The molecule has 0 aromatic rings. The average Bonchev–Trinajstić information content (AvgIpc) is 0.772. The number of phosphoric acid groups is 8. The zero-order valence-corrected chi connectivity index (χ0v) is 66.9. The van der Waals surface area contributed by atoms with Crippen LogP contribution in [0.3, 0.4) is 0 Å². The molecule has 0 aromatic heterocycles. The van der Waals surface area contributed by atoms with E-state index in [-0.39, 0.29) is 0 Å². The largest absolute Gasteiger partial charge is 0.469 e. The minimum atomic E-state index is -5.78. The van der Waals surface area contributed by atoms with Gasteiger partial charge in [0.25, 0.3) is 0 Å². The molecule has 64 nitrogen and oxygen atoms in total. The van der Waals surface area contributed by atoms with E-state index in [1.54, 1.807) is 0 Å². The van der Waals surface area contributed by atoms with Crippen molar-refractivity contribution >= 4 is 62.6 Å². The first-order valence-corrected chi connectivity index (χ1v) is 46.3. The van der Waals surface area contributed by atoms with Crippen LogP contribution in [0.4, 0.5) is 0 Å². The lowest BCUT2D eigenvalue weighted by Crippen LogP contribution is -2.69. The molecule has 32 N–H and O–H groups in total. The molecule has 0 aromatic carbocycles. The molecule has 0 aliphatic carbocycles. The predicted octanol–water partition coefficient (Wildman–Crippen LogP) is -16.5. The normalized spacial score (nSPS) is 44.9. The van der Waals surface area contributed by atoms with E-state index in [1.165, 1.54) is 0 Å². The minimum absolute atomic E-state index is 1.59. The summed E-state index contributed by atoms with van der Waals surface area (Å²) in [5.74, 6) is 0. The highest BCUT2D eigenvalue weighted by atomic mass is 31.2. The highest BCUT2D eigenvalue weighted by molar-refractivity contribution is 7.48. The molecule has 0 spiro atoms. The standard InChI is InChI=1S/C48H88O64P8/c49-17-25(57)41-97-9(1-89-113(65,66)67)33(17)105-42-26(58)18(50)35(11(98-42)3-91-115(71,72)73)107-44-28(60)20(52)37(13(100-44)5-93-117(77,78)79)109-46-30(62)22(54)39(15(102-46)7-95-119(83,84)85)111-48-32(64)24(56)40(16(104-48)8-96-120(86,87)88)112-47-31(63)23(55)38(14(103-47)6-94-118(80,81)82)110-45-29(61)21(53)36(12(101-45)4-92-116(74,75)76)108-43-27(59)19(51)34(106-41)10(99-43)2-90-114(68,69)70/h9-64H,1-8H2,(H2,65,66,67)(H2,68,69,70)(H2,71,72,73)(H2,74,75,76)(H2,77,78,79)(H2,80,81,82)(H2,83,84,85)(H2,86,87,88)/t9-,10-,11-,12-,13-,14-,15-,16-,17-,18-,19-,20-,21-,22-,23-,24-,25-,26-,27-,28-,29-,30-,31-,32-,33-,34-,35-,36-,37-,38-,39-,40-,41-,42-,43-,44-,45-,46-,47-,48-/m1/s1. The summed E-state index contributed by atoms with van der Waals surface area (Å²) in [5.41, 5.74) is 0. The van der Waals surface area contributed by atoms with Crippen LogP contribution in [0.2, 0.25) is 0 Å². The van der Waals surface area contributed by atoms with Crippen LogP contribution in [0.15, 0.2) is 0 Å². The second-order valence-corrected chi connectivity index (χ2v) is 37.2. The first-order valence-electron chi connectivity index (χ1n) is 34.0. The molecule has 0 amide bonds. The SMILES string of the molecule is O=P(O)(O)OC[C@H]1O[C@@H]2O[C@H]3[C@H](O)[C@@H](O)[C@@H](O[C@H]4[C@H](O)[C@@H](O)[C@@H](O[C@H]5[C@H](O)[C@@H](O)[C@@H](O[C@H]6[C@H](O)[C@@H](O)[C@@H](O[C@H]7[C@H](O)[C@@H](O)[C@@H](O[C@H]8[C@H](O)[C@@H](O)[C@@H](O[C@H]9[C@H](O)[C@@H](O)[C@@H](O[C@H]1[C@H](O)[C@H]2O)O[C@@H]9COP(=O)(O)O)O[C@@H]8COP(=O)(O)O)O[C@@H]7COP(=O)(O)O)O[C@@H]6COP(=O)(O)O)O[C@@H]5COP(=O)(O)O)O[C@@H]4COP(=O)(O)O)O[C@@H]3COP(=O)(O)O. The molecule has 0 saturated carbocycles. The molecule has 30 fully saturated rings. The van der Waals surface area contributed by atoms with Crippen molar-refractivity contribution in [3.63, 3.8) is 0 Å². The second-order valence-electron chi connectivity index (χ2n) is 27.3. The third-order valence-corrected chi connectivity index (χ3v) is 22.6. The molecule has 0 radical (unpaired) electrons. The van der Waals surface area contributed by atoms with Crippen molar-refractivity contribution < 1.29 is 308 Å². The Morgan fingerprint density at radius 1 is 0.150 bits per heavy atom. The summed E-state index contributed by atoms with van der Waals surface area (Å²) in [4.78, 5) is 157. The van der Waals surface area contributed by atoms with Crippen LogP contribution in [0.1, 0.15) is 0 Å². The third kappa shape index (κ3) is 27.9. The number of aliphatic hydroxyl groups is 16. The van der Waals surface area contributed by atoms with E-state index in [0.717, 1.165) is 0 Å². The van der Waals surface area contributed by atoms with Crippen molar-refractivity contribution in [2.24, 2.45) is 0 Å². The van der Waals surface area contributed by atoms with E-state index in [9.17, 15) is 197 Å². The summed E-state index contributed by atoms with van der Waals surface area (Å²) in [6.45, 7) is -12.8. The first-order chi connectivity index (χ1) is 55.1. The second kappa shape index (κ2) is 41.2. The number of phosphoric ester groups is 8. The summed E-state index contributed by atoms with van der Waals surface area (Å²) >= 11 is 0. The van der Waals surface area contributed by atoms with E-state index < -0.39 is 361 Å². The number of aliphatic hydroxyl groups excluding tert-OH is 16. The van der Waals surface area contributed by atoms with Gasteiger partial charge in [-0.1, -0.05) is 0 Å². The predicted molar refractivity (Wildman–Crippen MR) is 348 cm³/mol. The summed E-state index contributed by atoms with van der Waals surface area (Å²) in [5, 5.41) is 188. The molecule has 16 bridgehead atoms. The Bertz CT molecular complexity index is 3010. The average molecular weight is 1940 g/mol. The fourth-order valence-corrected chi connectivity index (χ4v) is 15.9. The first kappa shape index (κ1) is 103. The van der Waals surface area contributed by atoms with Crippen LogP contribution in [0, 0.1) is 0 Å². The van der Waals surface area contributed by atoms with Crippen LogP contribution in [0.25, 0.3) is 0 Å². The van der Waals surface area contributed by atoms with Crippen LogP contribution in [0.5, 0.6) is 0 Å². The molecule has 704 valence electrons. The quantitative estimate of drug-likeness (QED) is 0.0399. The maximum absolute atomic E-state index is 12.2. The lowest BCUT2D eigenvalue weighted by Gasteiger charge is -2.51. The molecule has 120 heavy (non-hydrogen) atoms. The van der Waals surface area contributed by atoms with E-state index in [0.29, 0.717) is 0 Å². The van der Waals surface area contributed by atoms with Gasteiger partial charge in [0.15, 0.2) is 50.3 Å². The van der Waals surface area contributed by atoms with Gasteiger partial charge >= 0.3 is 62.6 Å². The molecule has 30 aliphatic heterocycles. The molecule has 72 heteroatoms. The van der Waals surface area contributed by atoms with Gasteiger partial charge in [0.05, 0.1) is 52.9 Å². The van der Waals surface area contributed by atoms with Gasteiger partial charge in [0.1, 0.15) is 195 Å². The van der Waals surface area contributed by atoms with Gasteiger partial charge in [-0.3, -0.25) is 36.2 Å². The Kier molecular flexibility index (Phi) is 35.4. The highest BCUT2D eigenvalue weighted by Gasteiger charge is 2.62. The lowest BCUT2D eigenvalue weighted by atomic mass is 9.94. The smallest absolute Gasteiger partial charge is 0.387 e. The van der Waals surface area contributed by atoms with E-state index in [4.69, 9.17) is 75.8 Å². The summed E-state index contributed by atoms with van der Waals surface area (Å²) < 4.78 is 224. The van der Waals surface area contributed by atoms with Crippen LogP contribution in [-0.4, -0.2) is 459 Å². The molecule has 40 atom stereocenters. The van der Waals surface area contributed by atoms with Gasteiger partial charge < -0.3 is 236 Å². The van der Waals surface area contributed by atoms with Crippen molar-refractivity contribution in [3.8, 4) is 0 Å². The molecule has 30 rings (SSSR count). The Morgan fingerprint density at radius 2 is 0.233 bits per heavy atom. The summed E-state index contributed by atoms with van der Waals surface area (Å²) in [7, 11) is -46.2. The number of hydrogen-bond acceptors (Lipinski definition) is 48. The Morgan fingerprint density at radius 3 is 0.308 bits per heavy atom. The Labute approximate surface area is 667 Å². The van der Waals surface area contributed by atoms with E-state index in [2.05, 4.69) is 36.2 Å². The number of ether oxygens (including phenoxy) is 16. The van der Waals surface area contributed by atoms with Crippen molar-refractivity contribution in [1.29, 1.82) is 0 Å². The Balaban J connectivity index is 1.12. The lowest BCUT2D eigenvalue weighted by molar-refractivity contribution is -0.403. The maximum Gasteiger partial charge on any atom is 0.469 e. The zero-order valence-electron chi connectivity index (χ0n) is 59.7. The van der Waals surface area contributed by atoms with Crippen molar-refractivity contribution in [2.45, 2.75) is 246 Å². The van der Waals surface area contributed by atoms with Gasteiger partial charge in [-0.05, 0) is 0 Å². The third-order valence-electron chi connectivity index (χ3n) is 18.7. The van der Waals surface area contributed by atoms with Gasteiger partial charge in [0.2, 0.25) is 0 Å². The maximum atomic E-state index is 12.2. The van der Waals surface area contributed by atoms with Crippen molar-refractivity contribution in [3.05, 3.63) is 0 Å². The fourth-order valence-electron chi connectivity index (χ4n) is 13.2. The van der Waals surface area contributed by atoms with Crippen LogP contribution >= 0.6 is 62.6 Å². The highest BCUT2D eigenvalue weighted by Crippen LogP contribution is 2.48. The van der Waals surface area contributed by atoms with Crippen LogP contribution in [-0.2, 0) is 149 Å². The molecule has 30 heterocycles.